The normalized spacial score (nSPS) is 28.8. The first-order valence-corrected chi connectivity index (χ1v) is 14.5. The summed E-state index contributed by atoms with van der Waals surface area (Å²) >= 11 is 6.39. The third-order valence-electron chi connectivity index (χ3n) is 7.14. The largest absolute Gasteiger partial charge is 0.371 e. The summed E-state index contributed by atoms with van der Waals surface area (Å²) in [7, 11) is -3.35. The van der Waals surface area contributed by atoms with E-state index in [4.69, 9.17) is 21.1 Å². The van der Waals surface area contributed by atoms with E-state index in [1.807, 2.05) is 10.9 Å². The van der Waals surface area contributed by atoms with Gasteiger partial charge < -0.3 is 25.4 Å². The number of hydrogen-bond acceptors (Lipinski definition) is 10. The third-order valence-corrected chi connectivity index (χ3v) is 8.99. The van der Waals surface area contributed by atoms with Crippen molar-refractivity contribution in [3.63, 3.8) is 0 Å². The average molecular weight is 539 g/mol. The lowest BCUT2D eigenvalue weighted by Crippen LogP contribution is -2.45. The fraction of sp³-hybridized carbons (Fsp3) is 0.682. The minimum atomic E-state index is -3.35. The second-order valence-electron chi connectivity index (χ2n) is 10.0. The Bertz CT molecular complexity index is 1190. The molecule has 0 spiro atoms. The average Bonchev–Trinajstić information content (AvgIpc) is 3.23. The van der Waals surface area contributed by atoms with E-state index in [1.54, 1.807) is 6.20 Å². The first-order chi connectivity index (χ1) is 17.4. The summed E-state index contributed by atoms with van der Waals surface area (Å²) < 4.78 is 41.5. The maximum Gasteiger partial charge on any atom is 0.229 e. The van der Waals surface area contributed by atoms with Crippen molar-refractivity contribution in [2.75, 3.05) is 42.7 Å². The van der Waals surface area contributed by atoms with Crippen molar-refractivity contribution in [1.82, 2.24) is 29.8 Å². The number of nitrogens with zero attached hydrogens (tertiary/aromatic N) is 4. The lowest BCUT2D eigenvalue weighted by molar-refractivity contribution is 0.0690. The molecule has 6 rings (SSSR count). The van der Waals surface area contributed by atoms with E-state index >= 15 is 0 Å². The van der Waals surface area contributed by atoms with Gasteiger partial charge in [-0.15, -0.1) is 0 Å². The molecule has 0 amide bonds. The van der Waals surface area contributed by atoms with E-state index < -0.39 is 16.1 Å². The fourth-order valence-corrected chi connectivity index (χ4v) is 6.96. The summed E-state index contributed by atoms with van der Waals surface area (Å²) in [5.74, 6) is 1.29. The van der Waals surface area contributed by atoms with Gasteiger partial charge in [0.1, 0.15) is 17.2 Å². The van der Waals surface area contributed by atoms with E-state index in [-0.39, 0.29) is 36.5 Å². The molecule has 4 atom stereocenters. The van der Waals surface area contributed by atoms with Gasteiger partial charge in [-0.2, -0.15) is 10.1 Å². The molecule has 4 fully saturated rings. The molecule has 36 heavy (non-hydrogen) atoms. The number of nitrogens with one attached hydrogen (secondary N) is 4. The number of piperidine rings is 1. The van der Waals surface area contributed by atoms with Gasteiger partial charge >= 0.3 is 0 Å². The summed E-state index contributed by atoms with van der Waals surface area (Å²) in [6.45, 7) is 2.60. The number of rotatable bonds is 9. The van der Waals surface area contributed by atoms with Crippen molar-refractivity contribution in [1.29, 1.82) is 0 Å². The molecule has 0 aromatic carbocycles. The Balaban J connectivity index is 1.08. The van der Waals surface area contributed by atoms with Gasteiger partial charge in [0, 0.05) is 6.20 Å². The Labute approximate surface area is 214 Å². The summed E-state index contributed by atoms with van der Waals surface area (Å²) in [5.41, 5.74) is 0.798. The lowest BCUT2D eigenvalue weighted by atomic mass is 10.1. The van der Waals surface area contributed by atoms with E-state index in [1.165, 1.54) is 6.20 Å². The highest BCUT2D eigenvalue weighted by atomic mass is 35.5. The van der Waals surface area contributed by atoms with Gasteiger partial charge in [-0.05, 0) is 44.7 Å². The minimum absolute atomic E-state index is 0.172. The highest BCUT2D eigenvalue weighted by Gasteiger charge is 2.49. The first-order valence-electron chi connectivity index (χ1n) is 12.5. The van der Waals surface area contributed by atoms with Crippen LogP contribution in [0.15, 0.2) is 18.6 Å². The van der Waals surface area contributed by atoms with Gasteiger partial charge in [0.25, 0.3) is 0 Å². The number of sulfonamides is 1. The zero-order valence-corrected chi connectivity index (χ0v) is 21.3. The van der Waals surface area contributed by atoms with Crippen LogP contribution in [-0.4, -0.2) is 84.5 Å². The topological polar surface area (TPSA) is 144 Å². The van der Waals surface area contributed by atoms with Gasteiger partial charge in [0.05, 0.1) is 55.2 Å². The molecular weight excluding hydrogens is 508 g/mol. The van der Waals surface area contributed by atoms with E-state index in [0.717, 1.165) is 44.5 Å². The van der Waals surface area contributed by atoms with Gasteiger partial charge in [-0.3, -0.25) is 4.68 Å². The minimum Gasteiger partial charge on any atom is -0.371 e. The van der Waals surface area contributed by atoms with E-state index in [0.29, 0.717) is 29.4 Å². The first kappa shape index (κ1) is 24.3. The van der Waals surface area contributed by atoms with Crippen LogP contribution in [0.1, 0.15) is 31.7 Å². The van der Waals surface area contributed by atoms with Crippen LogP contribution in [0.3, 0.4) is 0 Å². The zero-order chi connectivity index (χ0) is 24.7. The monoisotopic (exact) mass is 538 g/mol. The molecule has 0 bridgehead atoms. The van der Waals surface area contributed by atoms with Gasteiger partial charge in [0.15, 0.2) is 5.82 Å². The standard InChI is InChI=1S/C22H31ClN8O4S/c23-16-8-25-22(27-14-7-26-31(9-14)15-3-5-24-6-4-15)29-21(16)28-17-10-34-20-18(11-35-19(17)20)30-36(32,33)12-13-1-2-13/h7-9,13,15,17-20,24,30H,1-6,10-12H2,(H2,25,27,28,29). The number of ether oxygens (including phenoxy) is 2. The molecule has 4 N–H and O–H groups in total. The van der Waals surface area contributed by atoms with Crippen LogP contribution < -0.4 is 20.7 Å². The van der Waals surface area contributed by atoms with Crippen LogP contribution in [0, 0.1) is 5.92 Å². The predicted octanol–water partition coefficient (Wildman–Crippen LogP) is 1.27. The molecule has 5 heterocycles. The number of anilines is 3. The SMILES string of the molecule is O=S(=O)(CC1CC1)NC1COC2C(Nc3nc(Nc4cnn(C5CCNCC5)c4)ncc3Cl)COC12. The quantitative estimate of drug-likeness (QED) is 0.368. The van der Waals surface area contributed by atoms with E-state index in [2.05, 4.69) is 35.7 Å². The predicted molar refractivity (Wildman–Crippen MR) is 134 cm³/mol. The molecule has 2 aromatic heterocycles. The van der Waals surface area contributed by atoms with Gasteiger partial charge in [-0.1, -0.05) is 11.6 Å². The van der Waals surface area contributed by atoms with Gasteiger partial charge in [0.2, 0.25) is 16.0 Å². The molecule has 1 saturated carbocycles. The number of aromatic nitrogens is 4. The third kappa shape index (κ3) is 5.46. The summed E-state index contributed by atoms with van der Waals surface area (Å²) in [6, 6.07) is -0.245. The summed E-state index contributed by atoms with van der Waals surface area (Å²) in [4.78, 5) is 8.85. The Morgan fingerprint density at radius 2 is 1.83 bits per heavy atom. The molecular formula is C22H31ClN8O4S. The second kappa shape index (κ2) is 10.0. The molecule has 0 radical (unpaired) electrons. The number of hydrogen-bond donors (Lipinski definition) is 4. The van der Waals surface area contributed by atoms with Crippen molar-refractivity contribution in [3.05, 3.63) is 23.6 Å². The molecule has 2 aromatic rings. The van der Waals surface area contributed by atoms with Gasteiger partial charge in [-0.25, -0.2) is 18.1 Å². The summed E-state index contributed by atoms with van der Waals surface area (Å²) in [5, 5.41) is 14.7. The molecule has 1 aliphatic carbocycles. The highest BCUT2D eigenvalue weighted by Crippen LogP contribution is 2.33. The Morgan fingerprint density at radius 1 is 1.08 bits per heavy atom. The van der Waals surface area contributed by atoms with Crippen LogP contribution in [0.5, 0.6) is 0 Å². The molecule has 14 heteroatoms. The van der Waals surface area contributed by atoms with Crippen LogP contribution >= 0.6 is 11.6 Å². The van der Waals surface area contributed by atoms with Crippen molar-refractivity contribution >= 4 is 39.1 Å². The van der Waals surface area contributed by atoms with Crippen LogP contribution in [0.2, 0.25) is 5.02 Å². The Morgan fingerprint density at radius 3 is 2.61 bits per heavy atom. The maximum absolute atomic E-state index is 12.4. The Kier molecular flexibility index (Phi) is 6.77. The molecule has 196 valence electrons. The number of fused-ring (bicyclic) bond motifs is 1. The van der Waals surface area contributed by atoms with Crippen molar-refractivity contribution in [2.45, 2.75) is 56.0 Å². The molecule has 3 aliphatic heterocycles. The van der Waals surface area contributed by atoms with Crippen molar-refractivity contribution in [3.8, 4) is 0 Å². The van der Waals surface area contributed by atoms with Crippen LogP contribution in [-0.2, 0) is 19.5 Å². The smallest absolute Gasteiger partial charge is 0.229 e. The lowest BCUT2D eigenvalue weighted by Gasteiger charge is -2.22. The van der Waals surface area contributed by atoms with E-state index in [9.17, 15) is 8.42 Å². The zero-order valence-electron chi connectivity index (χ0n) is 19.8. The highest BCUT2D eigenvalue weighted by molar-refractivity contribution is 7.89. The molecule has 4 aliphatic rings. The number of halogens is 1. The molecule has 4 unspecified atom stereocenters. The van der Waals surface area contributed by atoms with Crippen LogP contribution in [0.25, 0.3) is 0 Å². The second-order valence-corrected chi connectivity index (χ2v) is 12.2. The van der Waals surface area contributed by atoms with Crippen LogP contribution in [0.4, 0.5) is 17.5 Å². The fourth-order valence-electron chi connectivity index (χ4n) is 5.10. The summed E-state index contributed by atoms with van der Waals surface area (Å²) in [6.07, 6.45) is 8.63. The maximum atomic E-state index is 12.4. The van der Waals surface area contributed by atoms with Crippen molar-refractivity contribution in [2.24, 2.45) is 5.92 Å². The molecule has 12 nitrogen and oxygen atoms in total. The Hall–Kier alpha value is -2.03. The molecule has 3 saturated heterocycles. The van der Waals surface area contributed by atoms with Crippen molar-refractivity contribution < 1.29 is 17.9 Å².